The average molecular weight is 334 g/mol. The number of aryl methyl sites for hydroxylation is 1. The largest absolute Gasteiger partial charge is 0.369 e. The SMILES string of the molecule is CN1CCC[C@@H](c2cc(NCCSc3nnnn3C)ncn2)C1. The van der Waals surface area contributed by atoms with Gasteiger partial charge in [-0.15, -0.1) is 5.10 Å². The van der Waals surface area contributed by atoms with Gasteiger partial charge in [0.25, 0.3) is 0 Å². The number of rotatable bonds is 6. The molecular formula is C14H22N8S. The lowest BCUT2D eigenvalue weighted by Crippen LogP contribution is -2.31. The summed E-state index contributed by atoms with van der Waals surface area (Å²) in [6.07, 6.45) is 4.10. The highest BCUT2D eigenvalue weighted by atomic mass is 32.2. The Balaban J connectivity index is 1.50. The number of nitrogens with one attached hydrogen (secondary N) is 1. The summed E-state index contributed by atoms with van der Waals surface area (Å²) in [6.45, 7) is 3.06. The second kappa shape index (κ2) is 7.69. The minimum Gasteiger partial charge on any atom is -0.369 e. The van der Waals surface area contributed by atoms with Crippen LogP contribution >= 0.6 is 11.8 Å². The van der Waals surface area contributed by atoms with Crippen molar-refractivity contribution >= 4 is 17.6 Å². The predicted molar refractivity (Wildman–Crippen MR) is 89.5 cm³/mol. The predicted octanol–water partition coefficient (Wildman–Crippen LogP) is 1.01. The number of nitrogens with zero attached hydrogens (tertiary/aromatic N) is 7. The molecule has 0 amide bonds. The molecule has 0 saturated carbocycles. The molecule has 23 heavy (non-hydrogen) atoms. The third kappa shape index (κ3) is 4.38. The van der Waals surface area contributed by atoms with Gasteiger partial charge in [0.15, 0.2) is 0 Å². The highest BCUT2D eigenvalue weighted by Gasteiger charge is 2.20. The Morgan fingerprint density at radius 2 is 2.26 bits per heavy atom. The molecule has 2 aromatic heterocycles. The highest BCUT2D eigenvalue weighted by molar-refractivity contribution is 7.99. The van der Waals surface area contributed by atoms with Crippen molar-refractivity contribution < 1.29 is 0 Å². The number of thioether (sulfide) groups is 1. The van der Waals surface area contributed by atoms with Crippen LogP contribution in [0.25, 0.3) is 0 Å². The Hall–Kier alpha value is -1.74. The third-order valence-corrected chi connectivity index (χ3v) is 4.96. The first-order valence-corrected chi connectivity index (χ1v) is 8.80. The number of tetrazole rings is 1. The molecule has 1 fully saturated rings. The summed E-state index contributed by atoms with van der Waals surface area (Å²) in [4.78, 5) is 11.1. The Bertz CT molecular complexity index is 631. The monoisotopic (exact) mass is 334 g/mol. The maximum absolute atomic E-state index is 4.47. The van der Waals surface area contributed by atoms with Crippen molar-refractivity contribution in [1.29, 1.82) is 0 Å². The van der Waals surface area contributed by atoms with Crippen molar-refractivity contribution in [3.05, 3.63) is 18.1 Å². The number of likely N-dealkylation sites (tertiary alicyclic amines) is 1. The lowest BCUT2D eigenvalue weighted by Gasteiger charge is -2.29. The van der Waals surface area contributed by atoms with Gasteiger partial charge in [-0.3, -0.25) is 0 Å². The number of likely N-dealkylation sites (N-methyl/N-ethyl adjacent to an activating group) is 1. The van der Waals surface area contributed by atoms with Gasteiger partial charge in [0.2, 0.25) is 5.16 Å². The first-order chi connectivity index (χ1) is 11.2. The van der Waals surface area contributed by atoms with Crippen LogP contribution < -0.4 is 5.32 Å². The lowest BCUT2D eigenvalue weighted by molar-refractivity contribution is 0.248. The van der Waals surface area contributed by atoms with Crippen molar-refractivity contribution in [3.63, 3.8) is 0 Å². The molecule has 1 saturated heterocycles. The van der Waals surface area contributed by atoms with E-state index in [9.17, 15) is 0 Å². The molecule has 0 aliphatic carbocycles. The molecular weight excluding hydrogens is 312 g/mol. The van der Waals surface area contributed by atoms with Crippen LogP contribution in [0.3, 0.4) is 0 Å². The Morgan fingerprint density at radius 1 is 1.35 bits per heavy atom. The molecule has 0 bridgehead atoms. The molecule has 3 rings (SSSR count). The van der Waals surface area contributed by atoms with E-state index in [0.717, 1.165) is 35.5 Å². The molecule has 8 nitrogen and oxygen atoms in total. The molecule has 124 valence electrons. The highest BCUT2D eigenvalue weighted by Crippen LogP contribution is 2.25. The maximum atomic E-state index is 4.47. The first-order valence-electron chi connectivity index (χ1n) is 7.82. The van der Waals surface area contributed by atoms with Gasteiger partial charge in [-0.2, -0.15) is 0 Å². The molecule has 1 aliphatic rings. The van der Waals surface area contributed by atoms with Gasteiger partial charge in [-0.1, -0.05) is 11.8 Å². The van der Waals surface area contributed by atoms with Gasteiger partial charge >= 0.3 is 0 Å². The average Bonchev–Trinajstić information content (AvgIpc) is 2.97. The fourth-order valence-electron chi connectivity index (χ4n) is 2.77. The third-order valence-electron chi connectivity index (χ3n) is 3.95. The van der Waals surface area contributed by atoms with E-state index in [0.29, 0.717) is 5.92 Å². The molecule has 0 unspecified atom stereocenters. The van der Waals surface area contributed by atoms with E-state index in [2.05, 4.69) is 48.8 Å². The fraction of sp³-hybridized carbons (Fsp3) is 0.643. The van der Waals surface area contributed by atoms with E-state index in [4.69, 9.17) is 0 Å². The molecule has 1 aliphatic heterocycles. The molecule has 1 atom stereocenters. The Labute approximate surface area is 140 Å². The normalized spacial score (nSPS) is 19.0. The summed E-state index contributed by atoms with van der Waals surface area (Å²) in [5.41, 5.74) is 1.14. The van der Waals surface area contributed by atoms with E-state index in [1.54, 1.807) is 22.8 Å². The number of anilines is 1. The van der Waals surface area contributed by atoms with Crippen LogP contribution in [-0.4, -0.2) is 67.5 Å². The Kier molecular flexibility index (Phi) is 5.39. The van der Waals surface area contributed by atoms with Crippen molar-refractivity contribution in [3.8, 4) is 0 Å². The van der Waals surface area contributed by atoms with Crippen LogP contribution in [0, 0.1) is 0 Å². The molecule has 0 radical (unpaired) electrons. The van der Waals surface area contributed by atoms with E-state index >= 15 is 0 Å². The van der Waals surface area contributed by atoms with Gasteiger partial charge in [0.1, 0.15) is 12.1 Å². The van der Waals surface area contributed by atoms with Gasteiger partial charge in [0, 0.05) is 37.9 Å². The topological polar surface area (TPSA) is 84.6 Å². The number of aromatic nitrogens is 6. The molecule has 1 N–H and O–H groups in total. The summed E-state index contributed by atoms with van der Waals surface area (Å²) in [7, 11) is 4.01. The van der Waals surface area contributed by atoms with E-state index < -0.39 is 0 Å². The van der Waals surface area contributed by atoms with Crippen LogP contribution in [0.2, 0.25) is 0 Å². The first kappa shape index (κ1) is 16.1. The molecule has 2 aromatic rings. The van der Waals surface area contributed by atoms with Gasteiger partial charge < -0.3 is 10.2 Å². The minimum atomic E-state index is 0.511. The van der Waals surface area contributed by atoms with Crippen LogP contribution in [0.5, 0.6) is 0 Å². The van der Waals surface area contributed by atoms with Crippen LogP contribution in [0.15, 0.2) is 17.6 Å². The van der Waals surface area contributed by atoms with E-state index in [-0.39, 0.29) is 0 Å². The van der Waals surface area contributed by atoms with Gasteiger partial charge in [0.05, 0.1) is 5.69 Å². The molecule has 0 aromatic carbocycles. The second-order valence-electron chi connectivity index (χ2n) is 5.79. The van der Waals surface area contributed by atoms with Gasteiger partial charge in [-0.05, 0) is 36.9 Å². The van der Waals surface area contributed by atoms with Crippen molar-refractivity contribution in [2.24, 2.45) is 7.05 Å². The number of hydrogen-bond acceptors (Lipinski definition) is 8. The number of piperidine rings is 1. The molecule has 0 spiro atoms. The minimum absolute atomic E-state index is 0.511. The summed E-state index contributed by atoms with van der Waals surface area (Å²) >= 11 is 1.62. The summed E-state index contributed by atoms with van der Waals surface area (Å²) in [5.74, 6) is 2.27. The quantitative estimate of drug-likeness (QED) is 0.619. The van der Waals surface area contributed by atoms with Crippen LogP contribution in [0.4, 0.5) is 5.82 Å². The van der Waals surface area contributed by atoms with E-state index in [1.165, 1.54) is 19.4 Å². The summed E-state index contributed by atoms with van der Waals surface area (Å²) in [6, 6.07) is 2.08. The summed E-state index contributed by atoms with van der Waals surface area (Å²) < 4.78 is 1.67. The van der Waals surface area contributed by atoms with Crippen LogP contribution in [0.1, 0.15) is 24.5 Å². The van der Waals surface area contributed by atoms with Crippen molar-refractivity contribution in [2.45, 2.75) is 23.9 Å². The molecule has 9 heteroatoms. The zero-order valence-corrected chi connectivity index (χ0v) is 14.3. The Morgan fingerprint density at radius 3 is 3.04 bits per heavy atom. The lowest BCUT2D eigenvalue weighted by atomic mass is 9.95. The summed E-state index contributed by atoms with van der Waals surface area (Å²) in [5, 5.41) is 15.6. The number of hydrogen-bond donors (Lipinski definition) is 1. The second-order valence-corrected chi connectivity index (χ2v) is 6.85. The zero-order valence-electron chi connectivity index (χ0n) is 13.5. The fourth-order valence-corrected chi connectivity index (χ4v) is 3.47. The van der Waals surface area contributed by atoms with Crippen molar-refractivity contribution in [2.75, 3.05) is 37.8 Å². The van der Waals surface area contributed by atoms with E-state index in [1.807, 2.05) is 7.05 Å². The van der Waals surface area contributed by atoms with Crippen LogP contribution in [-0.2, 0) is 7.05 Å². The zero-order chi connectivity index (χ0) is 16.1. The van der Waals surface area contributed by atoms with Gasteiger partial charge in [-0.25, -0.2) is 14.6 Å². The van der Waals surface area contributed by atoms with Crippen molar-refractivity contribution in [1.82, 2.24) is 35.1 Å². The standard InChI is InChI=1S/C14H22N8S/c1-21-6-3-4-11(9-21)12-8-13(17-10-16-12)15-5-7-23-14-18-19-20-22(14)2/h8,10-11H,3-7,9H2,1-2H3,(H,15,16,17)/t11-/m1/s1. The smallest absolute Gasteiger partial charge is 0.209 e. The maximum Gasteiger partial charge on any atom is 0.209 e. The molecule has 3 heterocycles.